The Kier molecular flexibility index (Phi) is 6.79. The second-order valence-corrected chi connectivity index (χ2v) is 9.92. The van der Waals surface area contributed by atoms with Gasteiger partial charge in [0.15, 0.2) is 0 Å². The molecule has 144 valence electrons. The maximum absolute atomic E-state index is 13.3. The Morgan fingerprint density at radius 1 is 1.23 bits per heavy atom. The van der Waals surface area contributed by atoms with E-state index in [2.05, 4.69) is 0 Å². The monoisotopic (exact) mass is 398 g/mol. The van der Waals surface area contributed by atoms with Crippen LogP contribution in [0.4, 0.5) is 0 Å². The zero-order chi connectivity index (χ0) is 19.5. The minimum Gasteiger partial charge on any atom is -0.289 e. The van der Waals surface area contributed by atoms with E-state index in [1.165, 1.54) is 4.31 Å². The molecule has 0 saturated heterocycles. The number of nitrogens with zero attached hydrogens (tertiary/aromatic N) is 1. The number of nitrogens with one attached hydrogen (secondary N) is 1. The first kappa shape index (κ1) is 20.8. The van der Waals surface area contributed by atoms with Gasteiger partial charge in [0.2, 0.25) is 10.0 Å². The van der Waals surface area contributed by atoms with E-state index in [0.29, 0.717) is 6.42 Å². The number of thiophene rings is 1. The van der Waals surface area contributed by atoms with Crippen molar-refractivity contribution in [2.45, 2.75) is 45.1 Å². The zero-order valence-electron chi connectivity index (χ0n) is 15.5. The number of amides is 1. The molecular weight excluding hydrogens is 372 g/mol. The number of hydrogen-bond donors (Lipinski definition) is 2. The van der Waals surface area contributed by atoms with E-state index >= 15 is 0 Å². The summed E-state index contributed by atoms with van der Waals surface area (Å²) in [6.07, 6.45) is 0.613. The molecule has 0 bridgehead atoms. The summed E-state index contributed by atoms with van der Waals surface area (Å²) >= 11 is 1.54. The van der Waals surface area contributed by atoms with Crippen LogP contribution in [0, 0.1) is 11.8 Å². The van der Waals surface area contributed by atoms with E-state index in [1.54, 1.807) is 48.9 Å². The molecule has 1 heterocycles. The van der Waals surface area contributed by atoms with Gasteiger partial charge in [-0.15, -0.1) is 11.3 Å². The van der Waals surface area contributed by atoms with Crippen molar-refractivity contribution in [3.8, 4) is 0 Å². The Bertz CT molecular complexity index is 859. The van der Waals surface area contributed by atoms with Crippen molar-refractivity contribution in [1.29, 1.82) is 0 Å². The molecule has 0 aliphatic heterocycles. The molecule has 8 heteroatoms. The van der Waals surface area contributed by atoms with Crippen LogP contribution in [0.2, 0.25) is 0 Å². The predicted molar refractivity (Wildman–Crippen MR) is 104 cm³/mol. The summed E-state index contributed by atoms with van der Waals surface area (Å²) in [5, 5.41) is 11.9. The van der Waals surface area contributed by atoms with Gasteiger partial charge in [-0.25, -0.2) is 13.9 Å². The average Bonchev–Trinajstić information content (AvgIpc) is 3.04. The Morgan fingerprint density at radius 2 is 1.92 bits per heavy atom. The molecular formula is C18H26N2O4S2. The van der Waals surface area contributed by atoms with Crippen LogP contribution < -0.4 is 5.48 Å². The smallest absolute Gasteiger partial charge is 0.262 e. The second kappa shape index (κ2) is 8.47. The van der Waals surface area contributed by atoms with Crippen molar-refractivity contribution in [2.24, 2.45) is 11.8 Å². The van der Waals surface area contributed by atoms with Gasteiger partial charge in [-0.3, -0.25) is 10.0 Å². The third kappa shape index (κ3) is 4.43. The van der Waals surface area contributed by atoms with Crippen molar-refractivity contribution in [3.05, 3.63) is 29.6 Å². The summed E-state index contributed by atoms with van der Waals surface area (Å²) < 4.78 is 28.9. The molecule has 2 rings (SSSR count). The van der Waals surface area contributed by atoms with Crippen molar-refractivity contribution >= 4 is 37.4 Å². The number of hydrogen-bond acceptors (Lipinski definition) is 5. The number of carbonyl (C=O) groups is 1. The molecule has 1 atom stereocenters. The lowest BCUT2D eigenvalue weighted by Gasteiger charge is -2.32. The largest absolute Gasteiger partial charge is 0.289 e. The van der Waals surface area contributed by atoms with E-state index in [0.717, 1.165) is 10.1 Å². The summed E-state index contributed by atoms with van der Waals surface area (Å²) in [5.74, 6) is -0.741. The maximum atomic E-state index is 13.3. The van der Waals surface area contributed by atoms with E-state index in [4.69, 9.17) is 5.21 Å². The molecule has 26 heavy (non-hydrogen) atoms. The van der Waals surface area contributed by atoms with Gasteiger partial charge < -0.3 is 0 Å². The normalized spacial score (nSPS) is 13.7. The molecule has 0 radical (unpaired) electrons. The molecule has 2 aromatic rings. The minimum absolute atomic E-state index is 0.156. The first-order valence-electron chi connectivity index (χ1n) is 8.61. The lowest BCUT2D eigenvalue weighted by molar-refractivity contribution is -0.134. The van der Waals surface area contributed by atoms with Crippen LogP contribution in [0.1, 0.15) is 34.1 Å². The first-order chi connectivity index (χ1) is 12.2. The van der Waals surface area contributed by atoms with Crippen LogP contribution in [-0.2, 0) is 14.8 Å². The molecule has 2 N–H and O–H groups in total. The average molecular weight is 399 g/mol. The van der Waals surface area contributed by atoms with E-state index in [9.17, 15) is 13.2 Å². The van der Waals surface area contributed by atoms with E-state index in [-0.39, 0.29) is 23.3 Å². The highest BCUT2D eigenvalue weighted by molar-refractivity contribution is 7.89. The van der Waals surface area contributed by atoms with E-state index in [1.807, 2.05) is 25.3 Å². The fourth-order valence-electron chi connectivity index (χ4n) is 2.87. The van der Waals surface area contributed by atoms with Gasteiger partial charge in [0.25, 0.3) is 5.91 Å². The minimum atomic E-state index is -3.90. The zero-order valence-corrected chi connectivity index (χ0v) is 17.1. The predicted octanol–water partition coefficient (Wildman–Crippen LogP) is 3.47. The van der Waals surface area contributed by atoms with Crippen molar-refractivity contribution < 1.29 is 18.4 Å². The van der Waals surface area contributed by atoms with Gasteiger partial charge in [-0.2, -0.15) is 4.31 Å². The first-order valence-corrected chi connectivity index (χ1v) is 10.9. The SMILES string of the molecule is CC(C)CCN([C@@H](C(=O)NO)C(C)C)S(=O)(=O)c1ccc2sccc2c1. The highest BCUT2D eigenvalue weighted by Gasteiger charge is 2.37. The number of fused-ring (bicyclic) bond motifs is 1. The number of rotatable bonds is 8. The van der Waals surface area contributed by atoms with Crippen LogP contribution in [0.15, 0.2) is 34.5 Å². The van der Waals surface area contributed by atoms with Gasteiger partial charge in [0.1, 0.15) is 6.04 Å². The van der Waals surface area contributed by atoms with E-state index < -0.39 is 22.0 Å². The van der Waals surface area contributed by atoms with Crippen molar-refractivity contribution in [3.63, 3.8) is 0 Å². The number of hydroxylamine groups is 1. The molecule has 1 amide bonds. The number of sulfonamides is 1. The summed E-state index contributed by atoms with van der Waals surface area (Å²) in [6, 6.07) is 5.88. The lowest BCUT2D eigenvalue weighted by Crippen LogP contribution is -2.52. The van der Waals surface area contributed by atoms with Crippen LogP contribution >= 0.6 is 11.3 Å². The Balaban J connectivity index is 2.51. The van der Waals surface area contributed by atoms with Gasteiger partial charge in [0.05, 0.1) is 4.90 Å². The number of benzene rings is 1. The summed E-state index contributed by atoms with van der Waals surface area (Å²) in [5.41, 5.74) is 1.62. The fraction of sp³-hybridized carbons (Fsp3) is 0.500. The van der Waals surface area contributed by atoms with Gasteiger partial charge in [0, 0.05) is 11.2 Å². The molecule has 0 aliphatic carbocycles. The standard InChI is InChI=1S/C18H26N2O4S2/c1-12(2)7-9-20(17(13(3)4)18(21)19-22)26(23,24)15-5-6-16-14(11-15)8-10-25-16/h5-6,8,10-13,17,22H,7,9H2,1-4H3,(H,19,21)/t17-/m1/s1. The van der Waals surface area contributed by atoms with Crippen molar-refractivity contribution in [1.82, 2.24) is 9.79 Å². The third-order valence-electron chi connectivity index (χ3n) is 4.28. The molecule has 0 unspecified atom stereocenters. The molecule has 0 spiro atoms. The fourth-order valence-corrected chi connectivity index (χ4v) is 5.41. The molecule has 0 fully saturated rings. The third-order valence-corrected chi connectivity index (χ3v) is 7.05. The Morgan fingerprint density at radius 3 is 2.50 bits per heavy atom. The van der Waals surface area contributed by atoms with Gasteiger partial charge in [-0.1, -0.05) is 27.7 Å². The molecule has 0 aliphatic rings. The molecule has 1 aromatic heterocycles. The maximum Gasteiger partial charge on any atom is 0.262 e. The van der Waals surface area contributed by atoms with Crippen LogP contribution in [0.3, 0.4) is 0 Å². The molecule has 0 saturated carbocycles. The summed E-state index contributed by atoms with van der Waals surface area (Å²) in [4.78, 5) is 12.4. The quantitative estimate of drug-likeness (QED) is 0.527. The molecule has 6 nitrogen and oxygen atoms in total. The Labute approximate surface area is 158 Å². The summed E-state index contributed by atoms with van der Waals surface area (Å²) in [7, 11) is -3.90. The van der Waals surface area contributed by atoms with Crippen LogP contribution in [-0.4, -0.2) is 36.4 Å². The number of carbonyl (C=O) groups excluding carboxylic acids is 1. The van der Waals surface area contributed by atoms with Gasteiger partial charge in [-0.05, 0) is 53.3 Å². The highest BCUT2D eigenvalue weighted by atomic mass is 32.2. The van der Waals surface area contributed by atoms with Crippen molar-refractivity contribution in [2.75, 3.05) is 6.54 Å². The van der Waals surface area contributed by atoms with Gasteiger partial charge >= 0.3 is 0 Å². The molecule has 1 aromatic carbocycles. The second-order valence-electron chi connectivity index (χ2n) is 7.08. The highest BCUT2D eigenvalue weighted by Crippen LogP contribution is 2.28. The van der Waals surface area contributed by atoms with Crippen LogP contribution in [0.25, 0.3) is 10.1 Å². The summed E-state index contributed by atoms with van der Waals surface area (Å²) in [6.45, 7) is 7.73. The Hall–Kier alpha value is -1.48. The topological polar surface area (TPSA) is 86.7 Å². The lowest BCUT2D eigenvalue weighted by atomic mass is 10.0. The van der Waals surface area contributed by atoms with Crippen LogP contribution in [0.5, 0.6) is 0 Å².